The Labute approximate surface area is 163 Å². The average molecular weight is 417 g/mol. The third-order valence-corrected chi connectivity index (χ3v) is 4.71. The monoisotopic (exact) mass is 416 g/mol. The summed E-state index contributed by atoms with van der Waals surface area (Å²) in [6.07, 6.45) is 1.96. The molecule has 0 aromatic heterocycles. The van der Waals surface area contributed by atoms with Crippen molar-refractivity contribution in [2.24, 2.45) is 0 Å². The Morgan fingerprint density at radius 3 is 2.54 bits per heavy atom. The van der Waals surface area contributed by atoms with Gasteiger partial charge in [-0.15, -0.1) is 0 Å². The average Bonchev–Trinajstić information content (AvgIpc) is 2.63. The first-order chi connectivity index (χ1) is 12.5. The van der Waals surface area contributed by atoms with E-state index in [-0.39, 0.29) is 24.2 Å². The van der Waals surface area contributed by atoms with Gasteiger partial charge in [-0.05, 0) is 36.6 Å². The standard InChI is InChI=1S/C21H25BrN2O2/c1-3-7-18(16-8-5-4-6-9-16)21(26)23-13-12-20(25)24-19-14-17(22)11-10-15(19)2/h4-6,8-11,14,18H,3,7,12-13H2,1-2H3,(H,23,26)(H,24,25). The number of hydrogen-bond donors (Lipinski definition) is 2. The zero-order valence-corrected chi connectivity index (χ0v) is 16.8. The molecule has 0 saturated carbocycles. The van der Waals surface area contributed by atoms with Crippen LogP contribution in [0.2, 0.25) is 0 Å². The molecule has 0 aliphatic heterocycles. The van der Waals surface area contributed by atoms with Gasteiger partial charge in [0.05, 0.1) is 5.92 Å². The highest BCUT2D eigenvalue weighted by atomic mass is 79.9. The van der Waals surface area contributed by atoms with Crippen LogP contribution in [0, 0.1) is 6.92 Å². The van der Waals surface area contributed by atoms with Crippen molar-refractivity contribution in [3.8, 4) is 0 Å². The quantitative estimate of drug-likeness (QED) is 0.649. The third-order valence-electron chi connectivity index (χ3n) is 4.22. The maximum atomic E-state index is 12.5. The molecular weight excluding hydrogens is 392 g/mol. The molecule has 0 spiro atoms. The van der Waals surface area contributed by atoms with Gasteiger partial charge < -0.3 is 10.6 Å². The Balaban J connectivity index is 1.86. The van der Waals surface area contributed by atoms with Crippen LogP contribution in [-0.2, 0) is 9.59 Å². The van der Waals surface area contributed by atoms with Crippen molar-refractivity contribution in [2.45, 2.75) is 39.0 Å². The molecule has 0 bridgehead atoms. The van der Waals surface area contributed by atoms with Gasteiger partial charge in [-0.25, -0.2) is 0 Å². The second-order valence-electron chi connectivity index (χ2n) is 6.30. The first-order valence-electron chi connectivity index (χ1n) is 8.90. The lowest BCUT2D eigenvalue weighted by atomic mass is 9.93. The van der Waals surface area contributed by atoms with E-state index in [1.54, 1.807) is 0 Å². The van der Waals surface area contributed by atoms with Gasteiger partial charge in [0, 0.05) is 23.1 Å². The van der Waals surface area contributed by atoms with Crippen molar-refractivity contribution in [1.82, 2.24) is 5.32 Å². The SMILES string of the molecule is CCCC(C(=O)NCCC(=O)Nc1cc(Br)ccc1C)c1ccccc1. The zero-order chi connectivity index (χ0) is 18.9. The summed E-state index contributed by atoms with van der Waals surface area (Å²) in [7, 11) is 0. The minimum Gasteiger partial charge on any atom is -0.355 e. The fourth-order valence-electron chi connectivity index (χ4n) is 2.79. The zero-order valence-electron chi connectivity index (χ0n) is 15.2. The van der Waals surface area contributed by atoms with E-state index in [1.807, 2.05) is 55.5 Å². The van der Waals surface area contributed by atoms with Gasteiger partial charge in [0.15, 0.2) is 0 Å². The predicted octanol–water partition coefficient (Wildman–Crippen LogP) is 4.79. The molecule has 2 rings (SSSR count). The molecule has 0 saturated heterocycles. The van der Waals surface area contributed by atoms with E-state index in [0.717, 1.165) is 34.1 Å². The fraction of sp³-hybridized carbons (Fsp3) is 0.333. The number of nitrogens with one attached hydrogen (secondary N) is 2. The summed E-state index contributed by atoms with van der Waals surface area (Å²) >= 11 is 3.40. The summed E-state index contributed by atoms with van der Waals surface area (Å²) in [5.74, 6) is -0.306. The summed E-state index contributed by atoms with van der Waals surface area (Å²) in [5, 5.41) is 5.79. The summed E-state index contributed by atoms with van der Waals surface area (Å²) in [6.45, 7) is 4.33. The fourth-order valence-corrected chi connectivity index (χ4v) is 3.15. The normalized spacial score (nSPS) is 11.7. The summed E-state index contributed by atoms with van der Waals surface area (Å²) in [5.41, 5.74) is 2.79. The molecule has 0 heterocycles. The van der Waals surface area contributed by atoms with Gasteiger partial charge in [0.25, 0.3) is 0 Å². The Morgan fingerprint density at radius 2 is 1.85 bits per heavy atom. The maximum Gasteiger partial charge on any atom is 0.227 e. The number of halogens is 1. The summed E-state index contributed by atoms with van der Waals surface area (Å²) < 4.78 is 0.914. The van der Waals surface area contributed by atoms with Crippen molar-refractivity contribution in [3.05, 3.63) is 64.1 Å². The molecule has 2 aromatic rings. The Morgan fingerprint density at radius 1 is 1.12 bits per heavy atom. The summed E-state index contributed by atoms with van der Waals surface area (Å²) in [4.78, 5) is 24.7. The molecule has 138 valence electrons. The molecule has 1 atom stereocenters. The van der Waals surface area contributed by atoms with Gasteiger partial charge in [-0.1, -0.05) is 65.7 Å². The lowest BCUT2D eigenvalue weighted by Crippen LogP contribution is -2.32. The van der Waals surface area contributed by atoms with Crippen LogP contribution < -0.4 is 10.6 Å². The van der Waals surface area contributed by atoms with E-state index < -0.39 is 0 Å². The highest BCUT2D eigenvalue weighted by Crippen LogP contribution is 2.22. The van der Waals surface area contributed by atoms with E-state index in [1.165, 1.54) is 0 Å². The van der Waals surface area contributed by atoms with E-state index in [9.17, 15) is 9.59 Å². The van der Waals surface area contributed by atoms with E-state index in [2.05, 4.69) is 33.5 Å². The maximum absolute atomic E-state index is 12.5. The number of aryl methyl sites for hydroxylation is 1. The Bertz CT molecular complexity index is 747. The molecule has 5 heteroatoms. The lowest BCUT2D eigenvalue weighted by molar-refractivity contribution is -0.122. The third kappa shape index (κ3) is 5.99. The molecule has 0 aliphatic carbocycles. The van der Waals surface area contributed by atoms with Crippen LogP contribution in [0.3, 0.4) is 0 Å². The van der Waals surface area contributed by atoms with Gasteiger partial charge in [0.2, 0.25) is 11.8 Å². The lowest BCUT2D eigenvalue weighted by Gasteiger charge is -2.16. The van der Waals surface area contributed by atoms with Crippen LogP contribution in [0.4, 0.5) is 5.69 Å². The number of amides is 2. The van der Waals surface area contributed by atoms with Crippen molar-refractivity contribution in [2.75, 3.05) is 11.9 Å². The van der Waals surface area contributed by atoms with Gasteiger partial charge in [0.1, 0.15) is 0 Å². The number of carbonyl (C=O) groups excluding carboxylic acids is 2. The van der Waals surface area contributed by atoms with Crippen LogP contribution >= 0.6 is 15.9 Å². The molecule has 2 amide bonds. The van der Waals surface area contributed by atoms with Crippen molar-refractivity contribution in [3.63, 3.8) is 0 Å². The van der Waals surface area contributed by atoms with Crippen LogP contribution in [0.1, 0.15) is 43.2 Å². The molecule has 0 fully saturated rings. The van der Waals surface area contributed by atoms with Crippen LogP contribution in [0.25, 0.3) is 0 Å². The Kier molecular flexibility index (Phi) is 7.85. The van der Waals surface area contributed by atoms with Crippen LogP contribution in [-0.4, -0.2) is 18.4 Å². The predicted molar refractivity (Wildman–Crippen MR) is 109 cm³/mol. The second-order valence-corrected chi connectivity index (χ2v) is 7.22. The molecular formula is C21H25BrN2O2. The van der Waals surface area contributed by atoms with E-state index >= 15 is 0 Å². The molecule has 4 nitrogen and oxygen atoms in total. The number of rotatable bonds is 8. The first kappa shape index (κ1) is 20.2. The molecule has 0 aliphatic rings. The van der Waals surface area contributed by atoms with E-state index in [0.29, 0.717) is 6.54 Å². The minimum atomic E-state index is -0.170. The van der Waals surface area contributed by atoms with Crippen molar-refractivity contribution >= 4 is 33.4 Å². The Hall–Kier alpha value is -2.14. The smallest absolute Gasteiger partial charge is 0.227 e. The van der Waals surface area contributed by atoms with Crippen LogP contribution in [0.15, 0.2) is 53.0 Å². The number of hydrogen-bond acceptors (Lipinski definition) is 2. The first-order valence-corrected chi connectivity index (χ1v) is 9.69. The van der Waals surface area contributed by atoms with Crippen molar-refractivity contribution < 1.29 is 9.59 Å². The van der Waals surface area contributed by atoms with E-state index in [4.69, 9.17) is 0 Å². The largest absolute Gasteiger partial charge is 0.355 e. The molecule has 1 unspecified atom stereocenters. The topological polar surface area (TPSA) is 58.2 Å². The van der Waals surface area contributed by atoms with Gasteiger partial charge in [-0.3, -0.25) is 9.59 Å². The highest BCUT2D eigenvalue weighted by molar-refractivity contribution is 9.10. The highest BCUT2D eigenvalue weighted by Gasteiger charge is 2.19. The molecule has 2 N–H and O–H groups in total. The molecule has 2 aromatic carbocycles. The molecule has 0 radical (unpaired) electrons. The minimum absolute atomic E-state index is 0.0236. The van der Waals surface area contributed by atoms with Crippen molar-refractivity contribution in [1.29, 1.82) is 0 Å². The van der Waals surface area contributed by atoms with Crippen LogP contribution in [0.5, 0.6) is 0 Å². The number of anilines is 1. The molecule has 26 heavy (non-hydrogen) atoms. The number of carbonyl (C=O) groups is 2. The summed E-state index contributed by atoms with van der Waals surface area (Å²) in [6, 6.07) is 15.5. The van der Waals surface area contributed by atoms with Gasteiger partial charge in [-0.2, -0.15) is 0 Å². The number of benzene rings is 2. The second kappa shape index (κ2) is 10.1. The van der Waals surface area contributed by atoms with Gasteiger partial charge >= 0.3 is 0 Å².